The van der Waals surface area contributed by atoms with Crippen LogP contribution in [0.1, 0.15) is 10.4 Å². The number of nitrogens with zero attached hydrogens (tertiary/aromatic N) is 2. The van der Waals surface area contributed by atoms with Crippen molar-refractivity contribution in [3.8, 4) is 17.0 Å². The first-order valence-corrected chi connectivity index (χ1v) is 11.9. The van der Waals surface area contributed by atoms with Crippen LogP contribution in [0.25, 0.3) is 44.1 Å². The van der Waals surface area contributed by atoms with Gasteiger partial charge in [0.25, 0.3) is 5.91 Å². The van der Waals surface area contributed by atoms with Gasteiger partial charge in [-0.1, -0.05) is 36.4 Å². The average molecular weight is 504 g/mol. The number of hydrogen-bond acceptors (Lipinski definition) is 7. The maximum atomic E-state index is 13.1. The molecule has 38 heavy (non-hydrogen) atoms. The van der Waals surface area contributed by atoms with Crippen LogP contribution >= 0.6 is 0 Å². The summed E-state index contributed by atoms with van der Waals surface area (Å²) >= 11 is 0. The van der Waals surface area contributed by atoms with Gasteiger partial charge in [-0.25, -0.2) is 9.78 Å². The molecule has 0 aliphatic carbocycles. The number of ether oxygens (including phenoxy) is 2. The van der Waals surface area contributed by atoms with Crippen molar-refractivity contribution in [1.29, 1.82) is 0 Å². The highest BCUT2D eigenvalue weighted by molar-refractivity contribution is 6.08. The summed E-state index contributed by atoms with van der Waals surface area (Å²) in [6, 6.07) is 23.7. The van der Waals surface area contributed by atoms with Gasteiger partial charge in [0.05, 0.1) is 29.6 Å². The van der Waals surface area contributed by atoms with Crippen molar-refractivity contribution in [2.75, 3.05) is 19.0 Å². The van der Waals surface area contributed by atoms with Crippen LogP contribution in [-0.2, 0) is 9.53 Å². The second kappa shape index (κ2) is 9.67. The zero-order valence-corrected chi connectivity index (χ0v) is 20.3. The number of amides is 1. The first-order valence-electron chi connectivity index (χ1n) is 11.9. The molecule has 3 aromatic heterocycles. The van der Waals surface area contributed by atoms with Crippen LogP contribution in [0, 0.1) is 0 Å². The topological polar surface area (TPSA) is 104 Å². The molecule has 0 aliphatic heterocycles. The summed E-state index contributed by atoms with van der Waals surface area (Å²) in [5.41, 5.74) is 4.03. The lowest BCUT2D eigenvalue weighted by Gasteiger charge is -2.12. The SMILES string of the molecule is COc1cc2c(cc1NC(=O)COC(=O)c1cc(-c3cccnc3)nc3ccccc13)oc1ccccc12. The summed E-state index contributed by atoms with van der Waals surface area (Å²) in [4.78, 5) is 34.7. The van der Waals surface area contributed by atoms with Crippen molar-refractivity contribution in [3.05, 3.63) is 96.8 Å². The lowest BCUT2D eigenvalue weighted by Crippen LogP contribution is -2.21. The summed E-state index contributed by atoms with van der Waals surface area (Å²) in [6.45, 7) is -0.487. The van der Waals surface area contributed by atoms with Crippen molar-refractivity contribution < 1.29 is 23.5 Å². The van der Waals surface area contributed by atoms with E-state index in [0.29, 0.717) is 39.2 Å². The van der Waals surface area contributed by atoms with Gasteiger partial charge >= 0.3 is 5.97 Å². The third-order valence-electron chi connectivity index (χ3n) is 6.20. The first kappa shape index (κ1) is 23.2. The number of hydrogen-bond donors (Lipinski definition) is 1. The Morgan fingerprint density at radius 2 is 1.71 bits per heavy atom. The van der Waals surface area contributed by atoms with Gasteiger partial charge < -0.3 is 19.2 Å². The Balaban J connectivity index is 1.24. The van der Waals surface area contributed by atoms with Crippen molar-refractivity contribution >= 4 is 50.4 Å². The highest BCUT2D eigenvalue weighted by Gasteiger charge is 2.18. The van der Waals surface area contributed by atoms with E-state index in [9.17, 15) is 9.59 Å². The molecule has 3 heterocycles. The van der Waals surface area contributed by atoms with Crippen molar-refractivity contribution in [1.82, 2.24) is 9.97 Å². The molecule has 0 aliphatic rings. The molecule has 0 unspecified atom stereocenters. The molecule has 0 saturated heterocycles. The first-order chi connectivity index (χ1) is 18.6. The molecule has 186 valence electrons. The van der Waals surface area contributed by atoms with Gasteiger partial charge in [0.2, 0.25) is 0 Å². The molecule has 0 radical (unpaired) electrons. The highest BCUT2D eigenvalue weighted by Crippen LogP contribution is 2.36. The number of benzene rings is 3. The average Bonchev–Trinajstić information content (AvgIpc) is 3.32. The summed E-state index contributed by atoms with van der Waals surface area (Å²) in [6.07, 6.45) is 3.34. The van der Waals surface area contributed by atoms with Crippen LogP contribution < -0.4 is 10.1 Å². The number of esters is 1. The van der Waals surface area contributed by atoms with Gasteiger partial charge in [-0.3, -0.25) is 9.78 Å². The minimum absolute atomic E-state index is 0.309. The van der Waals surface area contributed by atoms with E-state index in [1.54, 1.807) is 36.7 Å². The number of nitrogens with one attached hydrogen (secondary N) is 1. The zero-order valence-electron chi connectivity index (χ0n) is 20.3. The second-order valence-electron chi connectivity index (χ2n) is 8.59. The molecule has 1 amide bonds. The smallest absolute Gasteiger partial charge is 0.339 e. The summed E-state index contributed by atoms with van der Waals surface area (Å²) in [5.74, 6) is -0.688. The molecule has 0 bridgehead atoms. The minimum Gasteiger partial charge on any atom is -0.495 e. The van der Waals surface area contributed by atoms with Gasteiger partial charge in [0.15, 0.2) is 6.61 Å². The Morgan fingerprint density at radius 1 is 0.895 bits per heavy atom. The Bertz CT molecular complexity index is 1830. The van der Waals surface area contributed by atoms with Gasteiger partial charge in [-0.15, -0.1) is 0 Å². The molecule has 6 rings (SSSR count). The standard InChI is InChI=1S/C30H21N3O5/c1-36-28-14-21-20-9-3-5-11-26(20)38-27(21)15-25(28)33-29(34)17-37-30(35)22-13-24(18-7-6-12-31-16-18)32-23-10-4-2-8-19(22)23/h2-16H,17H2,1H3,(H,33,34). The molecular weight excluding hydrogens is 482 g/mol. The Morgan fingerprint density at radius 3 is 2.53 bits per heavy atom. The normalized spacial score (nSPS) is 11.1. The van der Waals surface area contributed by atoms with E-state index in [0.717, 1.165) is 21.9 Å². The predicted molar refractivity (Wildman–Crippen MR) is 144 cm³/mol. The van der Waals surface area contributed by atoms with Gasteiger partial charge in [-0.05, 0) is 36.4 Å². The van der Waals surface area contributed by atoms with E-state index in [2.05, 4.69) is 15.3 Å². The number of para-hydroxylation sites is 2. The van der Waals surface area contributed by atoms with Crippen LogP contribution in [0.4, 0.5) is 5.69 Å². The predicted octanol–water partition coefficient (Wildman–Crippen LogP) is 6.00. The van der Waals surface area contributed by atoms with E-state index in [1.807, 2.05) is 54.6 Å². The second-order valence-corrected chi connectivity index (χ2v) is 8.59. The van der Waals surface area contributed by atoms with Crippen LogP contribution in [0.3, 0.4) is 0 Å². The van der Waals surface area contributed by atoms with E-state index in [1.165, 1.54) is 7.11 Å². The number of carbonyl (C=O) groups is 2. The molecule has 0 atom stereocenters. The number of methoxy groups -OCH3 is 1. The molecule has 8 heteroatoms. The van der Waals surface area contributed by atoms with Gasteiger partial charge in [0.1, 0.15) is 16.9 Å². The summed E-state index contributed by atoms with van der Waals surface area (Å²) in [5, 5.41) is 5.20. The van der Waals surface area contributed by atoms with Gasteiger partial charge in [-0.2, -0.15) is 0 Å². The third kappa shape index (κ3) is 4.28. The molecule has 3 aromatic carbocycles. The fourth-order valence-electron chi connectivity index (χ4n) is 4.42. The molecule has 0 fully saturated rings. The Hall–Kier alpha value is -5.24. The lowest BCUT2D eigenvalue weighted by molar-refractivity contribution is -0.119. The summed E-state index contributed by atoms with van der Waals surface area (Å²) in [7, 11) is 1.52. The van der Waals surface area contributed by atoms with Crippen molar-refractivity contribution in [2.24, 2.45) is 0 Å². The number of fused-ring (bicyclic) bond motifs is 4. The molecule has 6 aromatic rings. The summed E-state index contributed by atoms with van der Waals surface area (Å²) < 4.78 is 16.8. The number of rotatable bonds is 6. The van der Waals surface area contributed by atoms with E-state index in [4.69, 9.17) is 13.9 Å². The van der Waals surface area contributed by atoms with Crippen LogP contribution in [-0.4, -0.2) is 35.6 Å². The Labute approximate surface area is 216 Å². The van der Waals surface area contributed by atoms with Gasteiger partial charge in [0, 0.05) is 40.2 Å². The number of pyridine rings is 2. The molecule has 0 spiro atoms. The molecule has 0 saturated carbocycles. The van der Waals surface area contributed by atoms with E-state index in [-0.39, 0.29) is 0 Å². The Kier molecular flexibility index (Phi) is 5.89. The lowest BCUT2D eigenvalue weighted by atomic mass is 10.1. The quantitative estimate of drug-likeness (QED) is 0.278. The van der Waals surface area contributed by atoms with Crippen molar-refractivity contribution in [3.63, 3.8) is 0 Å². The maximum absolute atomic E-state index is 13.1. The fraction of sp³-hybridized carbons (Fsp3) is 0.0667. The third-order valence-corrected chi connectivity index (χ3v) is 6.20. The number of anilines is 1. The number of furan rings is 1. The van der Waals surface area contributed by atoms with E-state index >= 15 is 0 Å². The monoisotopic (exact) mass is 503 g/mol. The maximum Gasteiger partial charge on any atom is 0.339 e. The van der Waals surface area contributed by atoms with Crippen molar-refractivity contribution in [2.45, 2.75) is 0 Å². The number of aromatic nitrogens is 2. The fourth-order valence-corrected chi connectivity index (χ4v) is 4.42. The minimum atomic E-state index is -0.636. The molecule has 8 nitrogen and oxygen atoms in total. The molecular formula is C30H21N3O5. The van der Waals surface area contributed by atoms with Crippen LogP contribution in [0.2, 0.25) is 0 Å². The highest BCUT2D eigenvalue weighted by atomic mass is 16.5. The van der Waals surface area contributed by atoms with E-state index < -0.39 is 18.5 Å². The number of carbonyl (C=O) groups excluding carboxylic acids is 2. The van der Waals surface area contributed by atoms with Crippen LogP contribution in [0.5, 0.6) is 5.75 Å². The zero-order chi connectivity index (χ0) is 26.1. The van der Waals surface area contributed by atoms with Crippen LogP contribution in [0.15, 0.2) is 95.7 Å². The molecule has 1 N–H and O–H groups in total. The largest absolute Gasteiger partial charge is 0.495 e.